The fraction of sp³-hybridized carbons (Fsp3) is 0.370. The third-order valence-electron chi connectivity index (χ3n) is 7.05. The molecule has 0 saturated carbocycles. The summed E-state index contributed by atoms with van der Waals surface area (Å²) in [5.41, 5.74) is 3.66. The van der Waals surface area contributed by atoms with Gasteiger partial charge in [0.05, 0.1) is 11.7 Å². The first-order chi connectivity index (χ1) is 17.6. The van der Waals surface area contributed by atoms with Gasteiger partial charge in [-0.2, -0.15) is 5.10 Å². The third kappa shape index (κ3) is 4.08. The molecular weight excluding hydrogens is 465 g/mol. The van der Waals surface area contributed by atoms with Crippen LogP contribution in [0.25, 0.3) is 5.69 Å². The summed E-state index contributed by atoms with van der Waals surface area (Å²) in [6.07, 6.45) is 4.09. The van der Waals surface area contributed by atoms with Gasteiger partial charge in [-0.25, -0.2) is 13.9 Å². The Kier molecular flexibility index (Phi) is 5.83. The largest absolute Gasteiger partial charge is 0.486 e. The molecule has 0 radical (unpaired) electrons. The summed E-state index contributed by atoms with van der Waals surface area (Å²) in [5, 5.41) is 4.48. The Bertz CT molecular complexity index is 1320. The topological polar surface area (TPSA) is 82.9 Å². The SMILES string of the molecule is O=C(OCC(=O)N1CCCC1c1ccc2c(c1)OCCO2)c1nn(-c2ccc(F)cc2)c2c1CCC2. The maximum Gasteiger partial charge on any atom is 0.359 e. The van der Waals surface area contributed by atoms with E-state index in [-0.39, 0.29) is 30.1 Å². The van der Waals surface area contributed by atoms with Crippen molar-refractivity contribution < 1.29 is 28.2 Å². The number of nitrogens with zero attached hydrogens (tertiary/aromatic N) is 3. The smallest absolute Gasteiger partial charge is 0.359 e. The van der Waals surface area contributed by atoms with E-state index in [4.69, 9.17) is 14.2 Å². The standard InChI is InChI=1S/C27H26FN3O5/c28-18-7-9-19(10-8-18)31-22-4-1-3-20(22)26(29-31)27(33)36-16-25(32)30-12-2-5-21(30)17-6-11-23-24(15-17)35-14-13-34-23/h6-11,15,21H,1-5,12-14,16H2. The Hall–Kier alpha value is -3.88. The summed E-state index contributed by atoms with van der Waals surface area (Å²) < 4.78 is 31.8. The highest BCUT2D eigenvalue weighted by atomic mass is 19.1. The molecule has 1 aliphatic carbocycles. The Morgan fingerprint density at radius 2 is 1.83 bits per heavy atom. The van der Waals surface area contributed by atoms with Crippen molar-refractivity contribution >= 4 is 11.9 Å². The highest BCUT2D eigenvalue weighted by Crippen LogP contribution is 2.38. The van der Waals surface area contributed by atoms with Crippen molar-refractivity contribution in [2.45, 2.75) is 38.1 Å². The van der Waals surface area contributed by atoms with Gasteiger partial charge in [0, 0.05) is 17.8 Å². The molecule has 2 aromatic carbocycles. The Morgan fingerprint density at radius 1 is 1.03 bits per heavy atom. The molecule has 1 fully saturated rings. The van der Waals surface area contributed by atoms with Crippen molar-refractivity contribution in [2.75, 3.05) is 26.4 Å². The Balaban J connectivity index is 1.15. The van der Waals surface area contributed by atoms with E-state index in [0.29, 0.717) is 43.4 Å². The fourth-order valence-electron chi connectivity index (χ4n) is 5.35. The average Bonchev–Trinajstić information content (AvgIpc) is 3.64. The molecule has 2 aliphatic heterocycles. The molecule has 9 heteroatoms. The number of rotatable bonds is 5. The zero-order valence-corrected chi connectivity index (χ0v) is 19.7. The summed E-state index contributed by atoms with van der Waals surface area (Å²) in [4.78, 5) is 27.8. The van der Waals surface area contributed by atoms with E-state index in [9.17, 15) is 14.0 Å². The zero-order chi connectivity index (χ0) is 24.6. The molecule has 1 unspecified atom stereocenters. The van der Waals surface area contributed by atoms with Crippen LogP contribution in [-0.2, 0) is 22.4 Å². The van der Waals surface area contributed by atoms with Gasteiger partial charge in [-0.15, -0.1) is 0 Å². The monoisotopic (exact) mass is 491 g/mol. The molecular formula is C27H26FN3O5. The van der Waals surface area contributed by atoms with Gasteiger partial charge in [-0.05, 0) is 74.1 Å². The number of esters is 1. The van der Waals surface area contributed by atoms with Crippen LogP contribution in [-0.4, -0.2) is 52.9 Å². The van der Waals surface area contributed by atoms with E-state index in [2.05, 4.69) is 5.10 Å². The predicted octanol–water partition coefficient (Wildman–Crippen LogP) is 3.79. The number of halogens is 1. The minimum atomic E-state index is -0.613. The minimum Gasteiger partial charge on any atom is -0.486 e. The molecule has 0 bridgehead atoms. The van der Waals surface area contributed by atoms with Gasteiger partial charge < -0.3 is 19.1 Å². The second kappa shape index (κ2) is 9.29. The number of fused-ring (bicyclic) bond motifs is 2. The van der Waals surface area contributed by atoms with Gasteiger partial charge >= 0.3 is 5.97 Å². The number of carbonyl (C=O) groups is 2. The highest BCUT2D eigenvalue weighted by molar-refractivity contribution is 5.91. The molecule has 36 heavy (non-hydrogen) atoms. The average molecular weight is 492 g/mol. The molecule has 1 aromatic heterocycles. The number of carbonyl (C=O) groups excluding carboxylic acids is 2. The molecule has 1 atom stereocenters. The van der Waals surface area contributed by atoms with Gasteiger partial charge in [0.25, 0.3) is 5.91 Å². The van der Waals surface area contributed by atoms with Crippen LogP contribution in [0.1, 0.15) is 52.6 Å². The summed E-state index contributed by atoms with van der Waals surface area (Å²) in [7, 11) is 0. The van der Waals surface area contributed by atoms with Crippen LogP contribution in [0.3, 0.4) is 0 Å². The lowest BCUT2D eigenvalue weighted by Gasteiger charge is -2.26. The first kappa shape index (κ1) is 22.6. The maximum absolute atomic E-state index is 13.4. The Labute approximate surface area is 207 Å². The van der Waals surface area contributed by atoms with Gasteiger partial charge in [-0.1, -0.05) is 6.07 Å². The van der Waals surface area contributed by atoms with Gasteiger partial charge in [0.1, 0.15) is 19.0 Å². The first-order valence-corrected chi connectivity index (χ1v) is 12.3. The van der Waals surface area contributed by atoms with Crippen molar-refractivity contribution in [2.24, 2.45) is 0 Å². The number of benzene rings is 2. The van der Waals surface area contributed by atoms with Crippen molar-refractivity contribution in [3.63, 3.8) is 0 Å². The van der Waals surface area contributed by atoms with E-state index >= 15 is 0 Å². The first-order valence-electron chi connectivity index (χ1n) is 12.3. The normalized spacial score (nSPS) is 18.2. The summed E-state index contributed by atoms with van der Waals surface area (Å²) in [5.74, 6) is 0.211. The van der Waals surface area contributed by atoms with Crippen LogP contribution in [0.2, 0.25) is 0 Å². The van der Waals surface area contributed by atoms with Crippen molar-refractivity contribution in [3.05, 3.63) is 70.8 Å². The van der Waals surface area contributed by atoms with Crippen molar-refractivity contribution in [1.82, 2.24) is 14.7 Å². The third-order valence-corrected chi connectivity index (χ3v) is 7.05. The molecule has 1 saturated heterocycles. The van der Waals surface area contributed by atoms with Crippen LogP contribution < -0.4 is 9.47 Å². The predicted molar refractivity (Wildman–Crippen MR) is 127 cm³/mol. The van der Waals surface area contributed by atoms with E-state index in [0.717, 1.165) is 42.5 Å². The van der Waals surface area contributed by atoms with Crippen LogP contribution in [0.5, 0.6) is 11.5 Å². The van der Waals surface area contributed by atoms with Crippen LogP contribution in [0.15, 0.2) is 42.5 Å². The van der Waals surface area contributed by atoms with Crippen molar-refractivity contribution in [3.8, 4) is 17.2 Å². The van der Waals surface area contributed by atoms with Gasteiger partial charge in [-0.3, -0.25) is 4.79 Å². The second-order valence-electron chi connectivity index (χ2n) is 9.24. The molecule has 3 aliphatic rings. The maximum atomic E-state index is 13.4. The molecule has 3 aromatic rings. The van der Waals surface area contributed by atoms with E-state index in [1.54, 1.807) is 21.7 Å². The zero-order valence-electron chi connectivity index (χ0n) is 19.7. The molecule has 0 spiro atoms. The van der Waals surface area contributed by atoms with Crippen molar-refractivity contribution in [1.29, 1.82) is 0 Å². The number of aromatic nitrogens is 2. The number of amides is 1. The lowest BCUT2D eigenvalue weighted by atomic mass is 10.0. The quantitative estimate of drug-likeness (QED) is 0.505. The molecule has 3 heterocycles. The fourth-order valence-corrected chi connectivity index (χ4v) is 5.35. The lowest BCUT2D eigenvalue weighted by Crippen LogP contribution is -2.34. The summed E-state index contributed by atoms with van der Waals surface area (Å²) in [6.45, 7) is 1.28. The van der Waals surface area contributed by atoms with Crippen LogP contribution in [0, 0.1) is 5.82 Å². The molecule has 186 valence electrons. The van der Waals surface area contributed by atoms with Gasteiger partial charge in [0.15, 0.2) is 23.8 Å². The minimum absolute atomic E-state index is 0.103. The van der Waals surface area contributed by atoms with E-state index in [1.165, 1.54) is 12.1 Å². The molecule has 1 amide bonds. The molecule has 0 N–H and O–H groups in total. The van der Waals surface area contributed by atoms with Crippen LogP contribution in [0.4, 0.5) is 4.39 Å². The second-order valence-corrected chi connectivity index (χ2v) is 9.24. The van der Waals surface area contributed by atoms with Crippen LogP contribution >= 0.6 is 0 Å². The van der Waals surface area contributed by atoms with E-state index in [1.807, 2.05) is 18.2 Å². The van der Waals surface area contributed by atoms with E-state index < -0.39 is 5.97 Å². The molecule has 6 rings (SSSR count). The Morgan fingerprint density at radius 3 is 2.67 bits per heavy atom. The van der Waals surface area contributed by atoms with Gasteiger partial charge in [0.2, 0.25) is 0 Å². The number of hydrogen-bond donors (Lipinski definition) is 0. The number of likely N-dealkylation sites (tertiary alicyclic amines) is 1. The number of ether oxygens (including phenoxy) is 3. The summed E-state index contributed by atoms with van der Waals surface area (Å²) in [6, 6.07) is 11.7. The molecule has 8 nitrogen and oxygen atoms in total. The lowest BCUT2D eigenvalue weighted by molar-refractivity contribution is -0.135. The number of hydrogen-bond acceptors (Lipinski definition) is 6. The summed E-state index contributed by atoms with van der Waals surface area (Å²) >= 11 is 0. The highest BCUT2D eigenvalue weighted by Gasteiger charge is 2.33.